The van der Waals surface area contributed by atoms with Crippen molar-refractivity contribution in [2.24, 2.45) is 5.92 Å². The molecule has 1 saturated heterocycles. The Bertz CT molecular complexity index is 911. The second-order valence-electron chi connectivity index (χ2n) is 7.77. The smallest absolute Gasteiger partial charge is 0.319 e. The minimum absolute atomic E-state index is 0.00387. The number of hydrogen-bond acceptors (Lipinski definition) is 6. The number of nitrogens with one attached hydrogen (secondary N) is 3. The number of carbonyl (C=O) groups is 3. The highest BCUT2D eigenvalue weighted by atomic mass is 16.2. The molecule has 0 radical (unpaired) electrons. The van der Waals surface area contributed by atoms with Gasteiger partial charge in [-0.15, -0.1) is 0 Å². The molecule has 0 saturated carbocycles. The van der Waals surface area contributed by atoms with Crippen LogP contribution < -0.4 is 20.9 Å². The van der Waals surface area contributed by atoms with Gasteiger partial charge in [-0.1, -0.05) is 13.8 Å². The average Bonchev–Trinajstić information content (AvgIpc) is 2.81. The number of hydrogen-bond donors (Lipinski definition) is 3. The molecule has 32 heavy (non-hydrogen) atoms. The van der Waals surface area contributed by atoms with Crippen molar-refractivity contribution in [3.63, 3.8) is 0 Å². The summed E-state index contributed by atoms with van der Waals surface area (Å²) < 4.78 is 0. The lowest BCUT2D eigenvalue weighted by atomic mass is 10.2. The van der Waals surface area contributed by atoms with E-state index in [0.717, 1.165) is 0 Å². The van der Waals surface area contributed by atoms with E-state index in [9.17, 15) is 14.4 Å². The molecule has 1 aromatic carbocycles. The fourth-order valence-electron chi connectivity index (χ4n) is 3.15. The summed E-state index contributed by atoms with van der Waals surface area (Å²) in [5.41, 5.74) is 1.26. The van der Waals surface area contributed by atoms with Gasteiger partial charge in [-0.05, 0) is 30.3 Å². The normalized spacial score (nSPS) is 13.6. The van der Waals surface area contributed by atoms with Crippen LogP contribution in [0.5, 0.6) is 0 Å². The van der Waals surface area contributed by atoms with Gasteiger partial charge in [0.05, 0.1) is 0 Å². The quantitative estimate of drug-likeness (QED) is 0.606. The van der Waals surface area contributed by atoms with E-state index in [1.165, 1.54) is 0 Å². The Labute approximate surface area is 187 Å². The fourth-order valence-corrected chi connectivity index (χ4v) is 3.15. The van der Waals surface area contributed by atoms with Crippen molar-refractivity contribution in [2.45, 2.75) is 20.3 Å². The molecule has 10 heteroatoms. The molecular weight excluding hydrogens is 410 g/mol. The van der Waals surface area contributed by atoms with Gasteiger partial charge in [0.1, 0.15) is 0 Å². The van der Waals surface area contributed by atoms with Crippen molar-refractivity contribution < 1.29 is 14.4 Å². The second-order valence-corrected chi connectivity index (χ2v) is 7.77. The molecule has 2 aromatic rings. The van der Waals surface area contributed by atoms with Gasteiger partial charge in [0.15, 0.2) is 0 Å². The van der Waals surface area contributed by atoms with Crippen LogP contribution in [0.1, 0.15) is 20.3 Å². The Morgan fingerprint density at radius 2 is 1.53 bits per heavy atom. The number of piperazine rings is 1. The van der Waals surface area contributed by atoms with E-state index < -0.39 is 0 Å². The molecule has 10 nitrogen and oxygen atoms in total. The Morgan fingerprint density at radius 3 is 2.12 bits per heavy atom. The monoisotopic (exact) mass is 439 g/mol. The molecule has 0 bridgehead atoms. The van der Waals surface area contributed by atoms with E-state index >= 15 is 0 Å². The predicted octanol–water partition coefficient (Wildman–Crippen LogP) is 1.93. The maximum absolute atomic E-state index is 12.4. The van der Waals surface area contributed by atoms with E-state index in [-0.39, 0.29) is 36.7 Å². The second kappa shape index (κ2) is 11.1. The van der Waals surface area contributed by atoms with Crippen LogP contribution >= 0.6 is 0 Å². The van der Waals surface area contributed by atoms with Crippen LogP contribution in [0.15, 0.2) is 42.7 Å². The van der Waals surface area contributed by atoms with E-state index in [0.29, 0.717) is 43.5 Å². The van der Waals surface area contributed by atoms with Gasteiger partial charge < -0.3 is 25.8 Å². The molecule has 0 aliphatic carbocycles. The number of urea groups is 1. The molecule has 0 spiro atoms. The molecule has 3 N–H and O–H groups in total. The number of aromatic nitrogens is 2. The fraction of sp³-hybridized carbons (Fsp3) is 0.409. The van der Waals surface area contributed by atoms with Crippen molar-refractivity contribution in [1.29, 1.82) is 0 Å². The molecular formula is C22H29N7O3. The van der Waals surface area contributed by atoms with Crippen molar-refractivity contribution >= 4 is 35.2 Å². The van der Waals surface area contributed by atoms with Crippen LogP contribution in [0.3, 0.4) is 0 Å². The number of nitrogens with zero attached hydrogens (tertiary/aromatic N) is 4. The van der Waals surface area contributed by atoms with E-state index in [4.69, 9.17) is 0 Å². The zero-order valence-corrected chi connectivity index (χ0v) is 18.4. The van der Waals surface area contributed by atoms with Crippen LogP contribution in [-0.4, -0.2) is 65.4 Å². The van der Waals surface area contributed by atoms with Gasteiger partial charge in [-0.25, -0.2) is 14.8 Å². The first-order valence-electron chi connectivity index (χ1n) is 10.7. The maximum Gasteiger partial charge on any atom is 0.319 e. The van der Waals surface area contributed by atoms with Crippen molar-refractivity contribution in [2.75, 3.05) is 48.3 Å². The summed E-state index contributed by atoms with van der Waals surface area (Å²) in [5, 5.41) is 8.21. The summed E-state index contributed by atoms with van der Waals surface area (Å²) in [6, 6.07) is 8.24. The molecule has 4 amide bonds. The van der Waals surface area contributed by atoms with E-state index in [1.54, 1.807) is 47.6 Å². The molecule has 170 valence electrons. The SMILES string of the molecule is CC(C)C(=O)Nc1ccc(NC(=O)NCCC(=O)N2CCN(c3ncccn3)CC2)cc1. The topological polar surface area (TPSA) is 120 Å². The summed E-state index contributed by atoms with van der Waals surface area (Å²) in [4.78, 5) is 48.5. The van der Waals surface area contributed by atoms with Crippen LogP contribution in [-0.2, 0) is 9.59 Å². The highest BCUT2D eigenvalue weighted by molar-refractivity contribution is 5.93. The number of anilines is 3. The molecule has 0 unspecified atom stereocenters. The number of rotatable bonds is 7. The maximum atomic E-state index is 12.4. The summed E-state index contributed by atoms with van der Waals surface area (Å²) >= 11 is 0. The first-order chi connectivity index (χ1) is 15.4. The van der Waals surface area contributed by atoms with Gasteiger partial charge in [-0.2, -0.15) is 0 Å². The summed E-state index contributed by atoms with van der Waals surface area (Å²) in [6.07, 6.45) is 3.64. The van der Waals surface area contributed by atoms with Crippen molar-refractivity contribution in [3.05, 3.63) is 42.7 Å². The first kappa shape index (κ1) is 23.0. The predicted molar refractivity (Wildman–Crippen MR) is 122 cm³/mol. The lowest BCUT2D eigenvalue weighted by Crippen LogP contribution is -2.49. The van der Waals surface area contributed by atoms with Crippen molar-refractivity contribution in [1.82, 2.24) is 20.2 Å². The van der Waals surface area contributed by atoms with Crippen LogP contribution in [0, 0.1) is 5.92 Å². The number of amides is 4. The molecule has 1 fully saturated rings. The summed E-state index contributed by atoms with van der Waals surface area (Å²) in [7, 11) is 0. The van der Waals surface area contributed by atoms with Gasteiger partial charge in [0.2, 0.25) is 17.8 Å². The van der Waals surface area contributed by atoms with Gasteiger partial charge in [0.25, 0.3) is 0 Å². The molecule has 3 rings (SSSR count). The average molecular weight is 440 g/mol. The Kier molecular flexibility index (Phi) is 7.96. The molecule has 1 aromatic heterocycles. The summed E-state index contributed by atoms with van der Waals surface area (Å²) in [5.74, 6) is 0.503. The van der Waals surface area contributed by atoms with Crippen molar-refractivity contribution in [3.8, 4) is 0 Å². The Morgan fingerprint density at radius 1 is 0.938 bits per heavy atom. The minimum atomic E-state index is -0.386. The van der Waals surface area contributed by atoms with Crippen LogP contribution in [0.2, 0.25) is 0 Å². The molecule has 1 aliphatic rings. The lowest BCUT2D eigenvalue weighted by Gasteiger charge is -2.34. The Hall–Kier alpha value is -3.69. The third kappa shape index (κ3) is 6.66. The highest BCUT2D eigenvalue weighted by Gasteiger charge is 2.22. The number of carbonyl (C=O) groups excluding carboxylic acids is 3. The minimum Gasteiger partial charge on any atom is -0.339 e. The van der Waals surface area contributed by atoms with Gasteiger partial charge in [0, 0.05) is 68.8 Å². The van der Waals surface area contributed by atoms with Crippen LogP contribution in [0.4, 0.5) is 22.1 Å². The standard InChI is InChI=1S/C22H29N7O3/c1-16(2)20(31)26-17-4-6-18(7-5-17)27-22(32)25-11-8-19(30)28-12-14-29(15-13-28)21-23-9-3-10-24-21/h3-7,9-10,16H,8,11-15H2,1-2H3,(H,26,31)(H2,25,27,32). The van der Waals surface area contributed by atoms with E-state index in [2.05, 4.69) is 30.8 Å². The van der Waals surface area contributed by atoms with E-state index in [1.807, 2.05) is 13.8 Å². The first-order valence-corrected chi connectivity index (χ1v) is 10.7. The number of benzene rings is 1. The van der Waals surface area contributed by atoms with Gasteiger partial charge >= 0.3 is 6.03 Å². The Balaban J connectivity index is 1.35. The summed E-state index contributed by atoms with van der Waals surface area (Å²) in [6.45, 7) is 6.44. The zero-order valence-electron chi connectivity index (χ0n) is 18.4. The largest absolute Gasteiger partial charge is 0.339 e. The zero-order chi connectivity index (χ0) is 22.9. The third-order valence-electron chi connectivity index (χ3n) is 5.03. The highest BCUT2D eigenvalue weighted by Crippen LogP contribution is 2.14. The van der Waals surface area contributed by atoms with Gasteiger partial charge in [-0.3, -0.25) is 9.59 Å². The lowest BCUT2D eigenvalue weighted by molar-refractivity contribution is -0.131. The third-order valence-corrected chi connectivity index (χ3v) is 5.03. The molecule has 0 atom stereocenters. The van der Waals surface area contributed by atoms with Crippen LogP contribution in [0.25, 0.3) is 0 Å². The molecule has 1 aliphatic heterocycles. The molecule has 2 heterocycles.